The monoisotopic (exact) mass is 357 g/mol. The maximum Gasteiger partial charge on any atom is 0.326 e. The normalized spacial score (nSPS) is 19.6. The molecule has 0 spiro atoms. The number of hydrogen-bond acceptors (Lipinski definition) is 3. The number of hydrogen-bond donors (Lipinski definition) is 3. The fraction of sp³-hybridized carbons (Fsp3) is 0.600. The van der Waals surface area contributed by atoms with Crippen molar-refractivity contribution in [1.29, 1.82) is 0 Å². The van der Waals surface area contributed by atoms with Crippen molar-refractivity contribution in [2.24, 2.45) is 5.92 Å². The summed E-state index contributed by atoms with van der Waals surface area (Å²) in [7, 11) is 0. The van der Waals surface area contributed by atoms with Crippen LogP contribution in [0, 0.1) is 5.92 Å². The Bertz CT molecular complexity index is 844. The molecule has 0 aliphatic heterocycles. The van der Waals surface area contributed by atoms with Gasteiger partial charge in [-0.05, 0) is 56.2 Å². The Labute approximate surface area is 152 Å². The Hall–Kier alpha value is -2.08. The van der Waals surface area contributed by atoms with Gasteiger partial charge < -0.3 is 15.4 Å². The first-order valence-corrected chi connectivity index (χ1v) is 9.84. The molecule has 2 aliphatic rings. The van der Waals surface area contributed by atoms with Crippen LogP contribution in [0.5, 0.6) is 0 Å². The highest BCUT2D eigenvalue weighted by Gasteiger charge is 2.27. The number of aromatic nitrogens is 2. The lowest BCUT2D eigenvalue weighted by atomic mass is 9.84. The maximum atomic E-state index is 12.5. The maximum absolute atomic E-state index is 12.5. The van der Waals surface area contributed by atoms with Crippen LogP contribution in [0.25, 0.3) is 11.0 Å². The SMILES string of the molecule is O=C(NCCC(O)C1CCCCC1)c1ccc2[nH]c(=O)n(C3CC3)c2c1. The summed E-state index contributed by atoms with van der Waals surface area (Å²) in [5.41, 5.74) is 2.02. The Balaban J connectivity index is 1.38. The fourth-order valence-electron chi connectivity index (χ4n) is 4.15. The van der Waals surface area contributed by atoms with E-state index in [0.717, 1.165) is 36.7 Å². The van der Waals surface area contributed by atoms with Crippen molar-refractivity contribution in [2.75, 3.05) is 6.54 Å². The molecule has 2 aromatic rings. The van der Waals surface area contributed by atoms with Crippen LogP contribution in [0.2, 0.25) is 0 Å². The van der Waals surface area contributed by atoms with Gasteiger partial charge in [0.25, 0.3) is 5.91 Å². The average molecular weight is 357 g/mol. The molecule has 2 saturated carbocycles. The highest BCUT2D eigenvalue weighted by Crippen LogP contribution is 2.35. The van der Waals surface area contributed by atoms with Crippen molar-refractivity contribution >= 4 is 16.9 Å². The summed E-state index contributed by atoms with van der Waals surface area (Å²) in [5.74, 6) is 0.226. The molecule has 2 aliphatic carbocycles. The molecule has 0 bridgehead atoms. The quantitative estimate of drug-likeness (QED) is 0.743. The van der Waals surface area contributed by atoms with Gasteiger partial charge in [0.05, 0.1) is 17.1 Å². The van der Waals surface area contributed by atoms with Gasteiger partial charge in [0.2, 0.25) is 0 Å². The predicted molar refractivity (Wildman–Crippen MR) is 100 cm³/mol. The summed E-state index contributed by atoms with van der Waals surface area (Å²) in [6.07, 6.45) is 8.16. The lowest BCUT2D eigenvalue weighted by molar-refractivity contribution is 0.0749. The lowest BCUT2D eigenvalue weighted by Crippen LogP contribution is -2.30. The predicted octanol–water partition coefficient (Wildman–Crippen LogP) is 2.73. The number of rotatable bonds is 6. The van der Waals surface area contributed by atoms with Gasteiger partial charge in [0.15, 0.2) is 0 Å². The number of imidazole rings is 1. The van der Waals surface area contributed by atoms with Gasteiger partial charge >= 0.3 is 5.69 Å². The van der Waals surface area contributed by atoms with E-state index in [1.54, 1.807) is 22.8 Å². The molecule has 3 N–H and O–H groups in total. The van der Waals surface area contributed by atoms with Gasteiger partial charge in [0.1, 0.15) is 0 Å². The van der Waals surface area contributed by atoms with Crippen LogP contribution in [0.15, 0.2) is 23.0 Å². The first-order valence-electron chi connectivity index (χ1n) is 9.84. The second-order valence-electron chi connectivity index (χ2n) is 7.77. The Morgan fingerprint density at radius 2 is 2.00 bits per heavy atom. The molecule has 1 unspecified atom stereocenters. The van der Waals surface area contributed by atoms with Crippen molar-refractivity contribution in [3.8, 4) is 0 Å². The second kappa shape index (κ2) is 7.27. The molecule has 6 heteroatoms. The topological polar surface area (TPSA) is 87.1 Å². The molecule has 4 rings (SSSR count). The molecule has 2 fully saturated rings. The molecule has 1 heterocycles. The minimum absolute atomic E-state index is 0.101. The third-order valence-electron chi connectivity index (χ3n) is 5.81. The third kappa shape index (κ3) is 3.56. The van der Waals surface area contributed by atoms with E-state index in [2.05, 4.69) is 10.3 Å². The molecular formula is C20H27N3O3. The van der Waals surface area contributed by atoms with Gasteiger partial charge in [0, 0.05) is 18.2 Å². The summed E-state index contributed by atoms with van der Waals surface area (Å²) in [5, 5.41) is 13.2. The zero-order valence-corrected chi connectivity index (χ0v) is 15.0. The van der Waals surface area contributed by atoms with E-state index in [1.807, 2.05) is 0 Å². The van der Waals surface area contributed by atoms with E-state index in [-0.39, 0.29) is 23.7 Å². The van der Waals surface area contributed by atoms with Crippen molar-refractivity contribution < 1.29 is 9.90 Å². The standard InChI is InChI=1S/C20H27N3O3/c24-18(13-4-2-1-3-5-13)10-11-21-19(25)14-6-9-16-17(12-14)23(15-7-8-15)20(26)22-16/h6,9,12-13,15,18,24H,1-5,7-8,10-11H2,(H,21,25)(H,22,26). The van der Waals surface area contributed by atoms with Crippen LogP contribution in [0.4, 0.5) is 0 Å². The van der Waals surface area contributed by atoms with E-state index < -0.39 is 0 Å². The molecule has 1 amide bonds. The largest absolute Gasteiger partial charge is 0.393 e. The first kappa shape index (κ1) is 17.3. The van der Waals surface area contributed by atoms with E-state index in [1.165, 1.54) is 19.3 Å². The number of carbonyl (C=O) groups excluding carboxylic acids is 1. The Kier molecular flexibility index (Phi) is 4.85. The van der Waals surface area contributed by atoms with Gasteiger partial charge in [-0.2, -0.15) is 0 Å². The smallest absolute Gasteiger partial charge is 0.326 e. The van der Waals surface area contributed by atoms with Crippen LogP contribution in [-0.2, 0) is 0 Å². The molecule has 6 nitrogen and oxygen atoms in total. The minimum atomic E-state index is -0.331. The molecule has 26 heavy (non-hydrogen) atoms. The number of aliphatic hydroxyl groups is 1. The number of nitrogens with zero attached hydrogens (tertiary/aromatic N) is 1. The van der Waals surface area contributed by atoms with Gasteiger partial charge in [-0.25, -0.2) is 4.79 Å². The van der Waals surface area contributed by atoms with Crippen LogP contribution < -0.4 is 11.0 Å². The number of benzene rings is 1. The van der Waals surface area contributed by atoms with Gasteiger partial charge in [-0.15, -0.1) is 0 Å². The van der Waals surface area contributed by atoms with Crippen molar-refractivity contribution in [2.45, 2.75) is 63.5 Å². The summed E-state index contributed by atoms with van der Waals surface area (Å²) in [6, 6.07) is 5.59. The lowest BCUT2D eigenvalue weighted by Gasteiger charge is -2.26. The van der Waals surface area contributed by atoms with E-state index in [0.29, 0.717) is 24.4 Å². The van der Waals surface area contributed by atoms with Crippen LogP contribution in [-0.4, -0.2) is 33.2 Å². The molecule has 1 aromatic carbocycles. The van der Waals surface area contributed by atoms with Crippen LogP contribution >= 0.6 is 0 Å². The van der Waals surface area contributed by atoms with Crippen molar-refractivity contribution in [1.82, 2.24) is 14.9 Å². The van der Waals surface area contributed by atoms with E-state index in [9.17, 15) is 14.7 Å². The van der Waals surface area contributed by atoms with E-state index >= 15 is 0 Å². The van der Waals surface area contributed by atoms with Crippen LogP contribution in [0.1, 0.15) is 67.8 Å². The molecule has 1 aromatic heterocycles. The fourth-order valence-corrected chi connectivity index (χ4v) is 4.15. The molecule has 0 radical (unpaired) electrons. The number of carbonyl (C=O) groups is 1. The minimum Gasteiger partial charge on any atom is -0.393 e. The number of nitrogens with one attached hydrogen (secondary N) is 2. The number of fused-ring (bicyclic) bond motifs is 1. The highest BCUT2D eigenvalue weighted by molar-refractivity contribution is 5.97. The van der Waals surface area contributed by atoms with E-state index in [4.69, 9.17) is 0 Å². The summed E-state index contributed by atoms with van der Waals surface area (Å²) >= 11 is 0. The Morgan fingerprint density at radius 1 is 1.23 bits per heavy atom. The van der Waals surface area contributed by atoms with Crippen molar-refractivity contribution in [3.63, 3.8) is 0 Å². The summed E-state index contributed by atoms with van der Waals surface area (Å²) < 4.78 is 1.76. The molecule has 140 valence electrons. The molecular weight excluding hydrogens is 330 g/mol. The third-order valence-corrected chi connectivity index (χ3v) is 5.81. The average Bonchev–Trinajstić information content (AvgIpc) is 3.43. The highest BCUT2D eigenvalue weighted by atomic mass is 16.3. The number of H-pyrrole nitrogens is 1. The molecule has 1 atom stereocenters. The summed E-state index contributed by atoms with van der Waals surface area (Å²) in [6.45, 7) is 0.469. The molecule has 0 saturated heterocycles. The first-order chi connectivity index (χ1) is 12.6. The summed E-state index contributed by atoms with van der Waals surface area (Å²) in [4.78, 5) is 27.4. The zero-order chi connectivity index (χ0) is 18.1. The zero-order valence-electron chi connectivity index (χ0n) is 15.0. The van der Waals surface area contributed by atoms with Crippen molar-refractivity contribution in [3.05, 3.63) is 34.2 Å². The number of aliphatic hydroxyl groups excluding tert-OH is 1. The number of amides is 1. The number of aromatic amines is 1. The second-order valence-corrected chi connectivity index (χ2v) is 7.77. The Morgan fingerprint density at radius 3 is 2.73 bits per heavy atom. The van der Waals surface area contributed by atoms with Crippen LogP contribution in [0.3, 0.4) is 0 Å². The van der Waals surface area contributed by atoms with Gasteiger partial charge in [-0.3, -0.25) is 9.36 Å². The van der Waals surface area contributed by atoms with Gasteiger partial charge in [-0.1, -0.05) is 19.3 Å².